The van der Waals surface area contributed by atoms with Crippen molar-refractivity contribution >= 4 is 44.6 Å². The van der Waals surface area contributed by atoms with Crippen molar-refractivity contribution in [3.8, 4) is 0 Å². The summed E-state index contributed by atoms with van der Waals surface area (Å²) in [7, 11) is -3.62. The fourth-order valence-electron chi connectivity index (χ4n) is 4.46. The average Bonchev–Trinajstić information content (AvgIpc) is 3.49. The first kappa shape index (κ1) is 23.5. The molecule has 2 aliphatic rings. The zero-order valence-electron chi connectivity index (χ0n) is 18.4. The fraction of sp³-hybridized carbons (Fsp3) is 0.522. The van der Waals surface area contributed by atoms with Crippen molar-refractivity contribution < 1.29 is 13.2 Å². The largest absolute Gasteiger partial charge is 0.371 e. The van der Waals surface area contributed by atoms with Gasteiger partial charge in [-0.1, -0.05) is 18.0 Å². The first-order valence-corrected chi connectivity index (χ1v) is 14.0. The monoisotopic (exact) mass is 495 g/mol. The van der Waals surface area contributed by atoms with Gasteiger partial charge in [-0.25, -0.2) is 8.42 Å². The minimum Gasteiger partial charge on any atom is -0.371 e. The van der Waals surface area contributed by atoms with E-state index in [1.807, 2.05) is 25.1 Å². The van der Waals surface area contributed by atoms with Gasteiger partial charge < -0.3 is 9.80 Å². The number of amides is 1. The highest BCUT2D eigenvalue weighted by Crippen LogP contribution is 2.31. The molecular weight excluding hydrogens is 466 g/mol. The number of hydrogen-bond acceptors (Lipinski definition) is 5. The Bertz CT molecular complexity index is 1060. The molecule has 1 aromatic heterocycles. The Morgan fingerprint density at radius 3 is 2.34 bits per heavy atom. The third-order valence-corrected chi connectivity index (χ3v) is 9.35. The quantitative estimate of drug-likeness (QED) is 0.551. The summed E-state index contributed by atoms with van der Waals surface area (Å²) in [4.78, 5) is 18.8. The molecule has 2 aliphatic heterocycles. The summed E-state index contributed by atoms with van der Waals surface area (Å²) in [6, 6.07) is 8.86. The zero-order chi connectivity index (χ0) is 22.7. The van der Waals surface area contributed by atoms with Gasteiger partial charge in [0, 0.05) is 43.3 Å². The molecule has 4 rings (SSSR count). The van der Waals surface area contributed by atoms with E-state index in [9.17, 15) is 13.2 Å². The molecule has 0 aliphatic carbocycles. The highest BCUT2D eigenvalue weighted by atomic mass is 35.5. The summed E-state index contributed by atoms with van der Waals surface area (Å²) in [5.41, 5.74) is 1.29. The molecule has 0 radical (unpaired) electrons. The van der Waals surface area contributed by atoms with Gasteiger partial charge in [0.25, 0.3) is 5.91 Å². The van der Waals surface area contributed by atoms with E-state index >= 15 is 0 Å². The van der Waals surface area contributed by atoms with E-state index in [-0.39, 0.29) is 10.8 Å². The summed E-state index contributed by atoms with van der Waals surface area (Å²) < 4.78 is 28.9. The van der Waals surface area contributed by atoms with Crippen LogP contribution in [0.5, 0.6) is 0 Å². The van der Waals surface area contributed by atoms with Gasteiger partial charge in [0.05, 0.1) is 21.3 Å². The molecule has 2 saturated heterocycles. The summed E-state index contributed by atoms with van der Waals surface area (Å²) >= 11 is 7.54. The van der Waals surface area contributed by atoms with E-state index < -0.39 is 10.0 Å². The number of nitrogens with zero attached hydrogens (tertiary/aromatic N) is 3. The molecule has 1 aromatic carbocycles. The predicted octanol–water partition coefficient (Wildman–Crippen LogP) is 4.84. The Morgan fingerprint density at radius 2 is 1.72 bits per heavy atom. The van der Waals surface area contributed by atoms with Gasteiger partial charge in [-0.3, -0.25) is 4.79 Å². The highest BCUT2D eigenvalue weighted by molar-refractivity contribution is 7.89. The van der Waals surface area contributed by atoms with E-state index in [1.165, 1.54) is 11.3 Å². The molecule has 174 valence electrons. The molecule has 3 heterocycles. The second-order valence-corrected chi connectivity index (χ2v) is 12.1. The number of benzene rings is 1. The summed E-state index contributed by atoms with van der Waals surface area (Å²) in [5, 5.41) is 0. The minimum atomic E-state index is -3.62. The van der Waals surface area contributed by atoms with Gasteiger partial charge in [-0.2, -0.15) is 4.31 Å². The SMILES string of the molecule is CCN(Cc1ccc(Cl)s1)C(=O)c1cc(S(=O)(=O)N2CCCCC2)ccc1N1CCCC1. The van der Waals surface area contributed by atoms with Crippen LogP contribution in [-0.2, 0) is 16.6 Å². The van der Waals surface area contributed by atoms with Gasteiger partial charge in [0.15, 0.2) is 0 Å². The predicted molar refractivity (Wildman–Crippen MR) is 130 cm³/mol. The standard InChI is InChI=1S/C23H30ClN3O3S2/c1-2-25(17-18-8-11-22(24)31-18)23(28)20-16-19(9-10-21(20)26-12-6-7-13-26)32(29,30)27-14-4-3-5-15-27/h8-11,16H,2-7,12-15,17H2,1H3. The molecule has 0 bridgehead atoms. The normalized spacial score (nSPS) is 17.6. The maximum atomic E-state index is 13.7. The molecule has 2 fully saturated rings. The maximum absolute atomic E-state index is 13.7. The van der Waals surface area contributed by atoms with Crippen LogP contribution in [0.3, 0.4) is 0 Å². The van der Waals surface area contributed by atoms with Crippen LogP contribution in [0, 0.1) is 0 Å². The summed E-state index contributed by atoms with van der Waals surface area (Å²) in [6.45, 7) is 5.76. The van der Waals surface area contributed by atoms with E-state index in [0.29, 0.717) is 36.1 Å². The maximum Gasteiger partial charge on any atom is 0.256 e. The Morgan fingerprint density at radius 1 is 1.03 bits per heavy atom. The first-order chi connectivity index (χ1) is 15.4. The van der Waals surface area contributed by atoms with Crippen LogP contribution >= 0.6 is 22.9 Å². The number of thiophene rings is 1. The number of rotatable bonds is 7. The van der Waals surface area contributed by atoms with E-state index in [0.717, 1.165) is 55.8 Å². The van der Waals surface area contributed by atoms with Crippen LogP contribution in [0.25, 0.3) is 0 Å². The van der Waals surface area contributed by atoms with Crippen LogP contribution in [-0.4, -0.2) is 56.3 Å². The molecule has 9 heteroatoms. The lowest BCUT2D eigenvalue weighted by molar-refractivity contribution is 0.0754. The van der Waals surface area contributed by atoms with Crippen molar-refractivity contribution in [1.82, 2.24) is 9.21 Å². The van der Waals surface area contributed by atoms with Crippen LogP contribution in [0.2, 0.25) is 4.34 Å². The Labute approximate surface area is 199 Å². The molecule has 1 amide bonds. The molecular formula is C23H30ClN3O3S2. The lowest BCUT2D eigenvalue weighted by Crippen LogP contribution is -2.36. The molecule has 0 N–H and O–H groups in total. The van der Waals surface area contributed by atoms with Crippen LogP contribution in [0.4, 0.5) is 5.69 Å². The summed E-state index contributed by atoms with van der Waals surface area (Å²) in [5.74, 6) is -0.144. The number of halogens is 1. The zero-order valence-corrected chi connectivity index (χ0v) is 20.8. The van der Waals surface area contributed by atoms with Crippen molar-refractivity contribution in [1.29, 1.82) is 0 Å². The Balaban J connectivity index is 1.69. The number of carbonyl (C=O) groups is 1. The average molecular weight is 496 g/mol. The third kappa shape index (κ3) is 4.98. The van der Waals surface area contributed by atoms with Gasteiger partial charge in [0.2, 0.25) is 10.0 Å². The second kappa shape index (κ2) is 10.1. The summed E-state index contributed by atoms with van der Waals surface area (Å²) in [6.07, 6.45) is 4.97. The minimum absolute atomic E-state index is 0.144. The molecule has 0 spiro atoms. The highest BCUT2D eigenvalue weighted by Gasteiger charge is 2.30. The third-order valence-electron chi connectivity index (χ3n) is 6.24. The van der Waals surface area contributed by atoms with Crippen molar-refractivity contribution in [3.05, 3.63) is 45.1 Å². The first-order valence-electron chi connectivity index (χ1n) is 11.3. The van der Waals surface area contributed by atoms with Gasteiger partial charge in [0.1, 0.15) is 0 Å². The smallest absolute Gasteiger partial charge is 0.256 e. The van der Waals surface area contributed by atoms with Gasteiger partial charge in [-0.05, 0) is 62.9 Å². The van der Waals surface area contributed by atoms with Crippen molar-refractivity contribution in [3.63, 3.8) is 0 Å². The lowest BCUT2D eigenvalue weighted by atomic mass is 10.1. The lowest BCUT2D eigenvalue weighted by Gasteiger charge is -2.28. The van der Waals surface area contributed by atoms with Crippen LogP contribution in [0.15, 0.2) is 35.2 Å². The fourth-order valence-corrected chi connectivity index (χ4v) is 7.10. The molecule has 32 heavy (non-hydrogen) atoms. The van der Waals surface area contributed by atoms with Crippen molar-refractivity contribution in [2.45, 2.75) is 50.5 Å². The molecule has 2 aromatic rings. The molecule has 0 atom stereocenters. The second-order valence-electron chi connectivity index (χ2n) is 8.36. The Hall–Kier alpha value is -1.61. The van der Waals surface area contributed by atoms with E-state index in [1.54, 1.807) is 21.3 Å². The van der Waals surface area contributed by atoms with Gasteiger partial charge in [-0.15, -0.1) is 11.3 Å². The Kier molecular flexibility index (Phi) is 7.44. The topological polar surface area (TPSA) is 60.9 Å². The molecule has 0 unspecified atom stereocenters. The number of piperidine rings is 1. The number of anilines is 1. The van der Waals surface area contributed by atoms with Crippen LogP contribution in [0.1, 0.15) is 54.3 Å². The van der Waals surface area contributed by atoms with Crippen molar-refractivity contribution in [2.75, 3.05) is 37.6 Å². The number of carbonyl (C=O) groups excluding carboxylic acids is 1. The number of hydrogen-bond donors (Lipinski definition) is 0. The van der Waals surface area contributed by atoms with Crippen LogP contribution < -0.4 is 4.90 Å². The molecule has 0 saturated carbocycles. The van der Waals surface area contributed by atoms with E-state index in [4.69, 9.17) is 11.6 Å². The number of sulfonamides is 1. The van der Waals surface area contributed by atoms with Crippen molar-refractivity contribution in [2.24, 2.45) is 0 Å². The van der Waals surface area contributed by atoms with E-state index in [2.05, 4.69) is 4.90 Å². The van der Waals surface area contributed by atoms with Gasteiger partial charge >= 0.3 is 0 Å². The molecule has 6 nitrogen and oxygen atoms in total.